The van der Waals surface area contributed by atoms with Crippen molar-refractivity contribution in [2.45, 2.75) is 64.6 Å². The summed E-state index contributed by atoms with van der Waals surface area (Å²) in [5, 5.41) is 14.0. The average molecular weight is 254 g/mol. The first-order valence-corrected chi connectivity index (χ1v) is 7.47. The zero-order valence-electron chi connectivity index (χ0n) is 12.4. The Bertz CT molecular complexity index is 268. The maximum Gasteiger partial charge on any atom is 0.0591 e. The zero-order chi connectivity index (χ0) is 13.3. The van der Waals surface area contributed by atoms with Crippen LogP contribution in [-0.2, 0) is 0 Å². The Morgan fingerprint density at radius 1 is 1.22 bits per heavy atom. The second-order valence-corrected chi connectivity index (χ2v) is 7.58. The van der Waals surface area contributed by atoms with E-state index in [1.807, 2.05) is 0 Å². The second kappa shape index (κ2) is 5.48. The number of nitrogens with zero attached hydrogens (tertiary/aromatic N) is 1. The lowest BCUT2D eigenvalue weighted by Crippen LogP contribution is -2.49. The summed E-state index contributed by atoms with van der Waals surface area (Å²) in [7, 11) is 2.21. The van der Waals surface area contributed by atoms with E-state index in [1.165, 1.54) is 25.8 Å². The van der Waals surface area contributed by atoms with Crippen LogP contribution in [0.5, 0.6) is 0 Å². The van der Waals surface area contributed by atoms with E-state index in [-0.39, 0.29) is 11.5 Å². The van der Waals surface area contributed by atoms with E-state index in [9.17, 15) is 5.11 Å². The van der Waals surface area contributed by atoms with Crippen LogP contribution in [0.15, 0.2) is 0 Å². The predicted octanol–water partition coefficient (Wildman–Crippen LogP) is 1.86. The second-order valence-electron chi connectivity index (χ2n) is 7.58. The van der Waals surface area contributed by atoms with E-state index in [1.54, 1.807) is 0 Å². The molecule has 3 atom stereocenters. The van der Waals surface area contributed by atoms with Crippen molar-refractivity contribution < 1.29 is 5.11 Å². The van der Waals surface area contributed by atoms with Crippen molar-refractivity contribution in [2.75, 3.05) is 20.1 Å². The molecule has 2 aliphatic rings. The number of hydrogen-bond acceptors (Lipinski definition) is 3. The molecule has 3 nitrogen and oxygen atoms in total. The van der Waals surface area contributed by atoms with E-state index in [0.29, 0.717) is 12.0 Å². The smallest absolute Gasteiger partial charge is 0.0591 e. The van der Waals surface area contributed by atoms with Crippen LogP contribution >= 0.6 is 0 Å². The number of likely N-dealkylation sites (tertiary alicyclic amines) is 1. The van der Waals surface area contributed by atoms with Crippen molar-refractivity contribution in [3.8, 4) is 0 Å². The maximum atomic E-state index is 10.3. The van der Waals surface area contributed by atoms with Crippen LogP contribution in [0.1, 0.15) is 46.5 Å². The monoisotopic (exact) mass is 254 g/mol. The van der Waals surface area contributed by atoms with Crippen molar-refractivity contribution >= 4 is 0 Å². The standard InChI is InChI=1S/C15H30N2O/c1-15(2,3)14(18)8-11-7-13(10-17(4)9-11)16-12-5-6-12/h11-14,16,18H,5-10H2,1-4H3. The fraction of sp³-hybridized carbons (Fsp3) is 1.00. The fourth-order valence-corrected chi connectivity index (χ4v) is 2.99. The Morgan fingerprint density at radius 2 is 1.89 bits per heavy atom. The summed E-state index contributed by atoms with van der Waals surface area (Å²) >= 11 is 0. The van der Waals surface area contributed by atoms with Crippen LogP contribution in [-0.4, -0.2) is 48.3 Å². The number of aliphatic hydroxyl groups is 1. The minimum absolute atomic E-state index is 0.00936. The number of rotatable bonds is 4. The van der Waals surface area contributed by atoms with Crippen LogP contribution in [0, 0.1) is 11.3 Å². The first kappa shape index (κ1) is 14.3. The molecular weight excluding hydrogens is 224 g/mol. The van der Waals surface area contributed by atoms with E-state index in [4.69, 9.17) is 0 Å². The Labute approximate surface area is 112 Å². The lowest BCUT2D eigenvalue weighted by atomic mass is 9.80. The van der Waals surface area contributed by atoms with Gasteiger partial charge in [0.05, 0.1) is 6.10 Å². The molecular formula is C15H30N2O. The normalized spacial score (nSPS) is 32.5. The number of likely N-dealkylation sites (N-methyl/N-ethyl adjacent to an activating group) is 1. The van der Waals surface area contributed by atoms with Gasteiger partial charge in [-0.25, -0.2) is 0 Å². The van der Waals surface area contributed by atoms with Gasteiger partial charge in [0.25, 0.3) is 0 Å². The topological polar surface area (TPSA) is 35.5 Å². The Balaban J connectivity index is 1.83. The third kappa shape index (κ3) is 4.22. The molecule has 1 aliphatic heterocycles. The van der Waals surface area contributed by atoms with Gasteiger partial charge in [-0.2, -0.15) is 0 Å². The van der Waals surface area contributed by atoms with Gasteiger partial charge in [-0.1, -0.05) is 20.8 Å². The molecule has 1 aliphatic carbocycles. The molecule has 0 aromatic carbocycles. The summed E-state index contributed by atoms with van der Waals surface area (Å²) in [6.45, 7) is 8.69. The Morgan fingerprint density at radius 3 is 2.44 bits per heavy atom. The van der Waals surface area contributed by atoms with Crippen LogP contribution in [0.3, 0.4) is 0 Å². The molecule has 1 heterocycles. The summed E-state index contributed by atoms with van der Waals surface area (Å²) in [5.41, 5.74) is 0.00936. The molecule has 1 saturated heterocycles. The fourth-order valence-electron chi connectivity index (χ4n) is 2.99. The van der Waals surface area contributed by atoms with E-state index in [0.717, 1.165) is 19.0 Å². The SMILES string of the molecule is CN1CC(CC(O)C(C)(C)C)CC(NC2CC2)C1. The number of piperidine rings is 1. The van der Waals surface area contributed by atoms with Crippen molar-refractivity contribution in [1.82, 2.24) is 10.2 Å². The highest BCUT2D eigenvalue weighted by Gasteiger charge is 2.33. The van der Waals surface area contributed by atoms with Gasteiger partial charge in [0, 0.05) is 25.2 Å². The third-order valence-corrected chi connectivity index (χ3v) is 4.32. The van der Waals surface area contributed by atoms with Gasteiger partial charge < -0.3 is 15.3 Å². The summed E-state index contributed by atoms with van der Waals surface area (Å²) in [5.74, 6) is 0.634. The van der Waals surface area contributed by atoms with Gasteiger partial charge in [0.2, 0.25) is 0 Å². The highest BCUT2D eigenvalue weighted by Crippen LogP contribution is 2.29. The van der Waals surface area contributed by atoms with Gasteiger partial charge in [-0.05, 0) is 44.1 Å². The van der Waals surface area contributed by atoms with Crippen LogP contribution in [0.25, 0.3) is 0 Å². The molecule has 0 aromatic rings. The van der Waals surface area contributed by atoms with Crippen LogP contribution in [0.2, 0.25) is 0 Å². The lowest BCUT2D eigenvalue weighted by Gasteiger charge is -2.38. The molecule has 0 radical (unpaired) electrons. The predicted molar refractivity (Wildman–Crippen MR) is 75.6 cm³/mol. The molecule has 3 unspecified atom stereocenters. The Hall–Kier alpha value is -0.120. The molecule has 2 N–H and O–H groups in total. The van der Waals surface area contributed by atoms with Crippen molar-refractivity contribution in [3.05, 3.63) is 0 Å². The van der Waals surface area contributed by atoms with Gasteiger partial charge in [0.1, 0.15) is 0 Å². The minimum atomic E-state index is -0.185. The molecule has 0 aromatic heterocycles. The summed E-state index contributed by atoms with van der Waals surface area (Å²) in [6, 6.07) is 1.42. The highest BCUT2D eigenvalue weighted by atomic mass is 16.3. The average Bonchev–Trinajstić information content (AvgIpc) is 2.98. The number of aliphatic hydroxyl groups excluding tert-OH is 1. The van der Waals surface area contributed by atoms with E-state index >= 15 is 0 Å². The first-order chi connectivity index (χ1) is 8.34. The van der Waals surface area contributed by atoms with Crippen molar-refractivity contribution in [2.24, 2.45) is 11.3 Å². The minimum Gasteiger partial charge on any atom is -0.393 e. The maximum absolute atomic E-state index is 10.3. The van der Waals surface area contributed by atoms with Crippen molar-refractivity contribution in [1.29, 1.82) is 0 Å². The molecule has 0 spiro atoms. The van der Waals surface area contributed by atoms with Crippen molar-refractivity contribution in [3.63, 3.8) is 0 Å². The third-order valence-electron chi connectivity index (χ3n) is 4.32. The number of hydrogen-bond donors (Lipinski definition) is 2. The molecule has 3 heteroatoms. The van der Waals surface area contributed by atoms with E-state index < -0.39 is 0 Å². The molecule has 18 heavy (non-hydrogen) atoms. The van der Waals surface area contributed by atoms with Gasteiger partial charge in [-0.3, -0.25) is 0 Å². The molecule has 2 rings (SSSR count). The zero-order valence-corrected chi connectivity index (χ0v) is 12.4. The number of nitrogens with one attached hydrogen (secondary N) is 1. The molecule has 2 fully saturated rings. The molecule has 0 amide bonds. The van der Waals surface area contributed by atoms with Gasteiger partial charge in [-0.15, -0.1) is 0 Å². The lowest BCUT2D eigenvalue weighted by molar-refractivity contribution is 0.0252. The highest BCUT2D eigenvalue weighted by molar-refractivity contribution is 4.90. The molecule has 1 saturated carbocycles. The quantitative estimate of drug-likeness (QED) is 0.804. The molecule has 0 bridgehead atoms. The largest absolute Gasteiger partial charge is 0.393 e. The molecule has 106 valence electrons. The summed E-state index contributed by atoms with van der Waals surface area (Å²) < 4.78 is 0. The first-order valence-electron chi connectivity index (χ1n) is 7.47. The van der Waals surface area contributed by atoms with Crippen LogP contribution in [0.4, 0.5) is 0 Å². The van der Waals surface area contributed by atoms with Gasteiger partial charge >= 0.3 is 0 Å². The van der Waals surface area contributed by atoms with Crippen LogP contribution < -0.4 is 5.32 Å². The Kier molecular flexibility index (Phi) is 4.35. The summed E-state index contributed by atoms with van der Waals surface area (Å²) in [4.78, 5) is 2.42. The van der Waals surface area contributed by atoms with E-state index in [2.05, 4.69) is 38.0 Å². The summed E-state index contributed by atoms with van der Waals surface area (Å²) in [6.07, 6.45) is 4.70. The van der Waals surface area contributed by atoms with Gasteiger partial charge in [0.15, 0.2) is 0 Å².